The zero-order chi connectivity index (χ0) is 15.1. The van der Waals surface area contributed by atoms with Gasteiger partial charge in [-0.05, 0) is 39.0 Å². The van der Waals surface area contributed by atoms with Crippen molar-refractivity contribution in [1.82, 2.24) is 0 Å². The lowest BCUT2D eigenvalue weighted by molar-refractivity contribution is -0.245. The molecule has 1 rings (SSSR count). The van der Waals surface area contributed by atoms with E-state index >= 15 is 0 Å². The van der Waals surface area contributed by atoms with E-state index in [1.54, 1.807) is 0 Å². The quantitative estimate of drug-likeness (QED) is 0.532. The van der Waals surface area contributed by atoms with Crippen LogP contribution in [-0.4, -0.2) is 11.6 Å². The lowest BCUT2D eigenvalue weighted by Gasteiger charge is -2.62. The summed E-state index contributed by atoms with van der Waals surface area (Å²) < 4.78 is 5.95. The number of hydrogen-bond acceptors (Lipinski definition) is 2. The van der Waals surface area contributed by atoms with Gasteiger partial charge in [0.05, 0.1) is 5.41 Å². The van der Waals surface area contributed by atoms with Gasteiger partial charge in [0.15, 0.2) is 0 Å². The van der Waals surface area contributed by atoms with Gasteiger partial charge in [0, 0.05) is 5.41 Å². The Hall–Kier alpha value is -0.530. The van der Waals surface area contributed by atoms with Crippen molar-refractivity contribution in [3.63, 3.8) is 0 Å². The fraction of sp³-hybridized carbons (Fsp3) is 0.941. The molecular weight excluding hydrogens is 236 g/mol. The second-order valence-electron chi connectivity index (χ2n) is 7.95. The van der Waals surface area contributed by atoms with E-state index in [-0.39, 0.29) is 22.4 Å². The van der Waals surface area contributed by atoms with E-state index in [0.717, 1.165) is 12.8 Å². The van der Waals surface area contributed by atoms with Crippen molar-refractivity contribution in [2.45, 2.75) is 86.7 Å². The number of unbranched alkanes of at least 4 members (excludes halogenated alkanes) is 2. The minimum Gasteiger partial charge on any atom is -0.458 e. The third-order valence-corrected chi connectivity index (χ3v) is 6.53. The summed E-state index contributed by atoms with van der Waals surface area (Å²) in [6.07, 6.45) is 4.48. The minimum absolute atomic E-state index is 0.0455. The lowest BCUT2D eigenvalue weighted by atomic mass is 9.47. The van der Waals surface area contributed by atoms with Gasteiger partial charge in [-0.1, -0.05) is 47.5 Å². The fourth-order valence-electron chi connectivity index (χ4n) is 3.23. The molecule has 2 heteroatoms. The highest BCUT2D eigenvalue weighted by molar-refractivity contribution is 5.79. The number of carbonyl (C=O) groups is 1. The second kappa shape index (κ2) is 4.79. The third kappa shape index (κ3) is 2.21. The number of rotatable bonds is 4. The van der Waals surface area contributed by atoms with E-state index in [2.05, 4.69) is 41.5 Å². The summed E-state index contributed by atoms with van der Waals surface area (Å²) in [5, 5.41) is 0. The number of cyclic esters (lactones) is 1. The van der Waals surface area contributed by atoms with Crippen LogP contribution in [0, 0.1) is 16.2 Å². The van der Waals surface area contributed by atoms with E-state index in [0.29, 0.717) is 0 Å². The van der Waals surface area contributed by atoms with Crippen molar-refractivity contribution in [2.75, 3.05) is 0 Å². The first-order chi connectivity index (χ1) is 8.44. The summed E-state index contributed by atoms with van der Waals surface area (Å²) in [6, 6.07) is 0. The summed E-state index contributed by atoms with van der Waals surface area (Å²) in [7, 11) is 0. The molecule has 0 spiro atoms. The monoisotopic (exact) mass is 268 g/mol. The molecular formula is C17H32O2. The molecule has 19 heavy (non-hydrogen) atoms. The van der Waals surface area contributed by atoms with Crippen LogP contribution in [-0.2, 0) is 9.53 Å². The topological polar surface area (TPSA) is 26.3 Å². The van der Waals surface area contributed by atoms with Crippen molar-refractivity contribution in [1.29, 1.82) is 0 Å². The molecule has 2 nitrogen and oxygen atoms in total. The number of carbonyl (C=O) groups excluding carboxylic acids is 1. The van der Waals surface area contributed by atoms with Crippen LogP contribution in [0.3, 0.4) is 0 Å². The molecule has 0 amide bonds. The molecule has 1 atom stereocenters. The van der Waals surface area contributed by atoms with Gasteiger partial charge in [-0.3, -0.25) is 4.79 Å². The van der Waals surface area contributed by atoms with Gasteiger partial charge in [0.2, 0.25) is 0 Å². The minimum atomic E-state index is -0.444. The van der Waals surface area contributed by atoms with Crippen molar-refractivity contribution in [3.8, 4) is 0 Å². The maximum atomic E-state index is 12.4. The van der Waals surface area contributed by atoms with E-state index in [1.165, 1.54) is 12.8 Å². The Morgan fingerprint density at radius 2 is 1.42 bits per heavy atom. The van der Waals surface area contributed by atoms with Gasteiger partial charge in [-0.25, -0.2) is 0 Å². The van der Waals surface area contributed by atoms with E-state index in [1.807, 2.05) is 13.8 Å². The van der Waals surface area contributed by atoms with Gasteiger partial charge < -0.3 is 4.74 Å². The maximum Gasteiger partial charge on any atom is 0.312 e. The Kier molecular flexibility index (Phi) is 4.16. The molecule has 1 aliphatic heterocycles. The molecule has 0 aliphatic carbocycles. The summed E-state index contributed by atoms with van der Waals surface area (Å²) >= 11 is 0. The number of hydrogen-bond donors (Lipinski definition) is 0. The summed E-state index contributed by atoms with van der Waals surface area (Å²) in [5.41, 5.74) is -0.958. The summed E-state index contributed by atoms with van der Waals surface area (Å²) in [4.78, 5) is 12.4. The highest BCUT2D eigenvalue weighted by Crippen LogP contribution is 2.62. The summed E-state index contributed by atoms with van der Waals surface area (Å²) in [6.45, 7) is 17.3. The largest absolute Gasteiger partial charge is 0.458 e. The lowest BCUT2D eigenvalue weighted by Crippen LogP contribution is -2.65. The Balaban J connectivity index is 3.12. The molecule has 0 N–H and O–H groups in total. The van der Waals surface area contributed by atoms with Crippen molar-refractivity contribution in [3.05, 3.63) is 0 Å². The van der Waals surface area contributed by atoms with Gasteiger partial charge in [0.25, 0.3) is 0 Å². The van der Waals surface area contributed by atoms with Crippen LogP contribution in [0.25, 0.3) is 0 Å². The second-order valence-corrected chi connectivity index (χ2v) is 7.95. The molecule has 0 aromatic rings. The standard InChI is InChI=1S/C17H32O2/c1-9-10-11-12-17(8)16(6,7)15(4,5)14(2,3)13(18)19-17/h9-12H2,1-8H3/t17-/m1/s1. The summed E-state index contributed by atoms with van der Waals surface area (Å²) in [5.74, 6) is -0.0455. The van der Waals surface area contributed by atoms with Crippen LogP contribution in [0.15, 0.2) is 0 Å². The molecule has 0 aromatic carbocycles. The zero-order valence-corrected chi connectivity index (χ0v) is 14.1. The Labute approximate surface area is 119 Å². The molecule has 0 bridgehead atoms. The van der Waals surface area contributed by atoms with Crippen molar-refractivity contribution in [2.24, 2.45) is 16.2 Å². The molecule has 1 saturated heterocycles. The predicted octanol–water partition coefficient (Wildman–Crippen LogP) is 4.96. The smallest absolute Gasteiger partial charge is 0.312 e. The van der Waals surface area contributed by atoms with Crippen LogP contribution in [0.5, 0.6) is 0 Å². The molecule has 1 fully saturated rings. The van der Waals surface area contributed by atoms with Crippen LogP contribution in [0.4, 0.5) is 0 Å². The third-order valence-electron chi connectivity index (χ3n) is 6.53. The van der Waals surface area contributed by atoms with Crippen molar-refractivity contribution >= 4 is 5.97 Å². The van der Waals surface area contributed by atoms with Gasteiger partial charge in [0.1, 0.15) is 5.60 Å². The SMILES string of the molecule is CCCCC[C@@]1(C)OC(=O)C(C)(C)C(C)(C)C1(C)C. The van der Waals surface area contributed by atoms with Crippen molar-refractivity contribution < 1.29 is 9.53 Å². The average Bonchev–Trinajstić information content (AvgIpc) is 2.27. The Morgan fingerprint density at radius 1 is 0.895 bits per heavy atom. The van der Waals surface area contributed by atoms with Crippen LogP contribution < -0.4 is 0 Å². The number of ether oxygens (including phenoxy) is 1. The Morgan fingerprint density at radius 3 is 1.89 bits per heavy atom. The predicted molar refractivity (Wildman–Crippen MR) is 80.0 cm³/mol. The van der Waals surface area contributed by atoms with Crippen LogP contribution >= 0.6 is 0 Å². The highest BCUT2D eigenvalue weighted by Gasteiger charge is 2.65. The maximum absolute atomic E-state index is 12.4. The van der Waals surface area contributed by atoms with Crippen LogP contribution in [0.2, 0.25) is 0 Å². The molecule has 0 aromatic heterocycles. The van der Waals surface area contributed by atoms with Crippen LogP contribution in [0.1, 0.15) is 81.1 Å². The first kappa shape index (κ1) is 16.5. The van der Waals surface area contributed by atoms with Gasteiger partial charge in [-0.2, -0.15) is 0 Å². The molecule has 0 saturated carbocycles. The molecule has 0 unspecified atom stereocenters. The normalized spacial score (nSPS) is 31.9. The first-order valence-electron chi connectivity index (χ1n) is 7.67. The molecule has 1 heterocycles. The molecule has 0 radical (unpaired) electrons. The average molecular weight is 268 g/mol. The van der Waals surface area contributed by atoms with Gasteiger partial charge in [-0.15, -0.1) is 0 Å². The zero-order valence-electron chi connectivity index (χ0n) is 14.1. The fourth-order valence-corrected chi connectivity index (χ4v) is 3.23. The van der Waals surface area contributed by atoms with Gasteiger partial charge >= 0.3 is 5.97 Å². The van der Waals surface area contributed by atoms with E-state index in [4.69, 9.17) is 4.74 Å². The van der Waals surface area contributed by atoms with E-state index < -0.39 is 5.41 Å². The molecule has 1 aliphatic rings. The molecule has 112 valence electrons. The first-order valence-corrected chi connectivity index (χ1v) is 7.67. The Bertz CT molecular complexity index is 352. The number of esters is 1. The highest BCUT2D eigenvalue weighted by atomic mass is 16.6. The van der Waals surface area contributed by atoms with E-state index in [9.17, 15) is 4.79 Å².